The van der Waals surface area contributed by atoms with Gasteiger partial charge in [0.2, 0.25) is 5.91 Å². The van der Waals surface area contributed by atoms with E-state index in [2.05, 4.69) is 10.6 Å². The molecule has 228 valence electrons. The molecule has 42 heavy (non-hydrogen) atoms. The number of benzene rings is 2. The molecule has 0 aliphatic carbocycles. The van der Waals surface area contributed by atoms with Crippen molar-refractivity contribution in [2.24, 2.45) is 0 Å². The van der Waals surface area contributed by atoms with Crippen LogP contribution in [0.15, 0.2) is 30.3 Å². The van der Waals surface area contributed by atoms with Crippen molar-refractivity contribution in [3.05, 3.63) is 58.1 Å². The summed E-state index contributed by atoms with van der Waals surface area (Å²) in [6.45, 7) is 1.08. The molecule has 0 aromatic heterocycles. The normalized spacial score (nSPS) is 17.8. The lowest BCUT2D eigenvalue weighted by molar-refractivity contribution is -0.138. The van der Waals surface area contributed by atoms with Crippen LogP contribution in [-0.4, -0.2) is 84.3 Å². The molecule has 2 aromatic rings. The van der Waals surface area contributed by atoms with Gasteiger partial charge in [-0.1, -0.05) is 17.7 Å². The van der Waals surface area contributed by atoms with Crippen molar-refractivity contribution in [3.8, 4) is 0 Å². The van der Waals surface area contributed by atoms with E-state index in [1.54, 1.807) is 11.0 Å². The number of amides is 3. The van der Waals surface area contributed by atoms with Gasteiger partial charge in [0, 0.05) is 56.4 Å². The smallest absolute Gasteiger partial charge is 0.407 e. The standard InChI is InChI=1S/C27H29ClF5N5O4/c28-17-4-6-19(21(14-17)37-12-10-36(11-13-37)9-7-27(31,32)33)35-24(39)18-5-3-16(22(29)23(18)30)15-34-25(40)20-2-1-8-38(20)26(41)42/h3-6,14,20H,1-2,7-13,15H2,(H,34,40)(H,35,39)(H,41,42). The zero-order valence-electron chi connectivity index (χ0n) is 22.3. The van der Waals surface area contributed by atoms with Crippen LogP contribution in [-0.2, 0) is 11.3 Å². The topological polar surface area (TPSA) is 105 Å². The lowest BCUT2D eigenvalue weighted by Gasteiger charge is -2.37. The minimum absolute atomic E-state index is 0.123. The van der Waals surface area contributed by atoms with Crippen molar-refractivity contribution in [1.29, 1.82) is 0 Å². The van der Waals surface area contributed by atoms with Crippen molar-refractivity contribution in [2.75, 3.05) is 49.5 Å². The summed E-state index contributed by atoms with van der Waals surface area (Å²) in [5, 5.41) is 14.5. The number of hydrogen-bond acceptors (Lipinski definition) is 5. The fourth-order valence-corrected chi connectivity index (χ4v) is 5.20. The Morgan fingerprint density at radius 1 is 1.00 bits per heavy atom. The van der Waals surface area contributed by atoms with E-state index in [0.29, 0.717) is 49.7 Å². The Morgan fingerprint density at radius 2 is 1.71 bits per heavy atom. The van der Waals surface area contributed by atoms with Gasteiger partial charge in [0.05, 0.1) is 23.4 Å². The maximum absolute atomic E-state index is 15.0. The lowest BCUT2D eigenvalue weighted by Crippen LogP contribution is -2.47. The number of anilines is 2. The molecule has 2 aliphatic rings. The van der Waals surface area contributed by atoms with Gasteiger partial charge in [-0.15, -0.1) is 0 Å². The number of hydrogen-bond donors (Lipinski definition) is 3. The first-order valence-corrected chi connectivity index (χ1v) is 13.6. The number of carbonyl (C=O) groups is 3. The third kappa shape index (κ3) is 7.59. The van der Waals surface area contributed by atoms with Crippen LogP contribution in [0.1, 0.15) is 35.2 Å². The van der Waals surface area contributed by atoms with Gasteiger partial charge >= 0.3 is 12.3 Å². The van der Waals surface area contributed by atoms with Crippen LogP contribution in [0.4, 0.5) is 38.1 Å². The number of alkyl halides is 3. The van der Waals surface area contributed by atoms with Gasteiger partial charge in [-0.2, -0.15) is 13.2 Å². The van der Waals surface area contributed by atoms with Crippen molar-refractivity contribution in [1.82, 2.24) is 15.1 Å². The zero-order chi connectivity index (χ0) is 30.6. The Hall–Kier alpha value is -3.65. The van der Waals surface area contributed by atoms with E-state index in [4.69, 9.17) is 11.6 Å². The number of nitrogens with zero attached hydrogens (tertiary/aromatic N) is 3. The average molecular weight is 618 g/mol. The first-order valence-electron chi connectivity index (χ1n) is 13.2. The van der Waals surface area contributed by atoms with E-state index in [1.807, 2.05) is 4.90 Å². The van der Waals surface area contributed by atoms with Crippen LogP contribution in [0.5, 0.6) is 0 Å². The minimum Gasteiger partial charge on any atom is -0.465 e. The van der Waals surface area contributed by atoms with Crippen LogP contribution < -0.4 is 15.5 Å². The molecule has 0 radical (unpaired) electrons. The summed E-state index contributed by atoms with van der Waals surface area (Å²) in [6.07, 6.45) is -5.59. The zero-order valence-corrected chi connectivity index (χ0v) is 23.1. The van der Waals surface area contributed by atoms with Crippen LogP contribution in [0.3, 0.4) is 0 Å². The van der Waals surface area contributed by atoms with Crippen LogP contribution in [0.2, 0.25) is 5.02 Å². The first-order chi connectivity index (χ1) is 19.8. The number of nitrogens with one attached hydrogen (secondary N) is 2. The van der Waals surface area contributed by atoms with Crippen molar-refractivity contribution >= 4 is 40.9 Å². The molecule has 2 fully saturated rings. The summed E-state index contributed by atoms with van der Waals surface area (Å²) in [5.74, 6) is -4.35. The van der Waals surface area contributed by atoms with Crippen molar-refractivity contribution in [2.45, 2.75) is 38.0 Å². The third-order valence-corrected chi connectivity index (χ3v) is 7.53. The highest BCUT2D eigenvalue weighted by molar-refractivity contribution is 6.31. The SMILES string of the molecule is O=C(Nc1ccc(Cl)cc1N1CCN(CCC(F)(F)F)CC1)c1ccc(CNC(=O)C2CCCN2C(=O)O)c(F)c1F. The predicted molar refractivity (Wildman–Crippen MR) is 145 cm³/mol. The summed E-state index contributed by atoms with van der Waals surface area (Å²) in [4.78, 5) is 41.2. The second-order valence-corrected chi connectivity index (χ2v) is 10.5. The largest absolute Gasteiger partial charge is 0.465 e. The monoisotopic (exact) mass is 617 g/mol. The highest BCUT2D eigenvalue weighted by Crippen LogP contribution is 2.31. The molecule has 2 aliphatic heterocycles. The predicted octanol–water partition coefficient (Wildman–Crippen LogP) is 4.70. The quantitative estimate of drug-likeness (QED) is 0.371. The van der Waals surface area contributed by atoms with Gasteiger partial charge in [-0.25, -0.2) is 13.6 Å². The number of carbonyl (C=O) groups excluding carboxylic acids is 2. The highest BCUT2D eigenvalue weighted by atomic mass is 35.5. The van der Waals surface area contributed by atoms with Gasteiger partial charge < -0.3 is 20.6 Å². The van der Waals surface area contributed by atoms with Gasteiger partial charge in [0.1, 0.15) is 6.04 Å². The Bertz CT molecular complexity index is 1340. The summed E-state index contributed by atoms with van der Waals surface area (Å²) < 4.78 is 67.6. The van der Waals surface area contributed by atoms with E-state index in [-0.39, 0.29) is 24.3 Å². The van der Waals surface area contributed by atoms with E-state index < -0.39 is 60.3 Å². The molecule has 4 rings (SSSR count). The summed E-state index contributed by atoms with van der Waals surface area (Å²) in [6, 6.07) is 5.87. The molecule has 0 saturated carbocycles. The number of rotatable bonds is 8. The molecule has 9 nitrogen and oxygen atoms in total. The summed E-state index contributed by atoms with van der Waals surface area (Å²) in [7, 11) is 0. The van der Waals surface area contributed by atoms with Gasteiger partial charge in [-0.05, 0) is 37.1 Å². The Balaban J connectivity index is 1.41. The van der Waals surface area contributed by atoms with E-state index >= 15 is 0 Å². The van der Waals surface area contributed by atoms with Gasteiger partial charge in [0.25, 0.3) is 5.91 Å². The number of carboxylic acid groups (broad SMARTS) is 1. The maximum atomic E-state index is 15.0. The fourth-order valence-electron chi connectivity index (χ4n) is 5.03. The molecule has 15 heteroatoms. The first kappa shape index (κ1) is 31.3. The third-order valence-electron chi connectivity index (χ3n) is 7.29. The highest BCUT2D eigenvalue weighted by Gasteiger charge is 2.34. The minimum atomic E-state index is -4.25. The molecule has 1 atom stereocenters. The molecule has 0 bridgehead atoms. The molecule has 2 aromatic carbocycles. The van der Waals surface area contributed by atoms with Crippen molar-refractivity contribution < 1.29 is 41.4 Å². The second-order valence-electron chi connectivity index (χ2n) is 10.1. The Morgan fingerprint density at radius 3 is 2.38 bits per heavy atom. The van der Waals surface area contributed by atoms with E-state index in [0.717, 1.165) is 17.0 Å². The fraction of sp³-hybridized carbons (Fsp3) is 0.444. The second kappa shape index (κ2) is 13.1. The lowest BCUT2D eigenvalue weighted by atomic mass is 10.1. The molecule has 2 saturated heterocycles. The molecule has 0 spiro atoms. The molecule has 3 amide bonds. The maximum Gasteiger partial charge on any atom is 0.407 e. The van der Waals surface area contributed by atoms with E-state index in [9.17, 15) is 41.4 Å². The summed E-state index contributed by atoms with van der Waals surface area (Å²) in [5.41, 5.74) is -0.0844. The van der Waals surface area contributed by atoms with Crippen LogP contribution in [0, 0.1) is 11.6 Å². The number of halogens is 6. The molecular formula is C27H29ClF5N5O4. The summed E-state index contributed by atoms with van der Waals surface area (Å²) >= 11 is 6.15. The van der Waals surface area contributed by atoms with Gasteiger partial charge in [-0.3, -0.25) is 19.4 Å². The van der Waals surface area contributed by atoms with Crippen LogP contribution >= 0.6 is 11.6 Å². The van der Waals surface area contributed by atoms with Crippen molar-refractivity contribution in [3.63, 3.8) is 0 Å². The van der Waals surface area contributed by atoms with Crippen LogP contribution in [0.25, 0.3) is 0 Å². The van der Waals surface area contributed by atoms with Gasteiger partial charge in [0.15, 0.2) is 11.6 Å². The van der Waals surface area contributed by atoms with E-state index in [1.165, 1.54) is 12.1 Å². The Kier molecular flexibility index (Phi) is 9.77. The number of likely N-dealkylation sites (tertiary alicyclic amines) is 1. The number of piperazine rings is 1. The molecular weight excluding hydrogens is 589 g/mol. The molecule has 2 heterocycles. The molecule has 1 unspecified atom stereocenters. The molecule has 3 N–H and O–H groups in total. The Labute approximate surface area is 243 Å². The average Bonchev–Trinajstić information content (AvgIpc) is 3.44.